The Morgan fingerprint density at radius 3 is 2.52 bits per heavy atom. The van der Waals surface area contributed by atoms with Crippen molar-refractivity contribution in [2.24, 2.45) is 0 Å². The zero-order chi connectivity index (χ0) is 18.7. The molecule has 25 heavy (non-hydrogen) atoms. The predicted molar refractivity (Wildman–Crippen MR) is 100 cm³/mol. The van der Waals surface area contributed by atoms with Gasteiger partial charge in [0.05, 0.1) is 25.2 Å². The molecule has 2 aliphatic rings. The van der Waals surface area contributed by atoms with Crippen LogP contribution in [-0.4, -0.2) is 50.4 Å². The van der Waals surface area contributed by atoms with Crippen LogP contribution in [0, 0.1) is 0 Å². The summed E-state index contributed by atoms with van der Waals surface area (Å²) in [6.07, 6.45) is 5.23. The number of carbonyl (C=O) groups excluding carboxylic acids is 1. The Bertz CT molecular complexity index is 446. The monoisotopic (exact) mass is 372 g/mol. The summed E-state index contributed by atoms with van der Waals surface area (Å²) in [6, 6.07) is 0. The summed E-state index contributed by atoms with van der Waals surface area (Å²) in [4.78, 5) is 11.7. The zero-order valence-electron chi connectivity index (χ0n) is 16.5. The Morgan fingerprint density at radius 1 is 1.16 bits per heavy atom. The topological polar surface area (TPSA) is 68.3 Å². The fraction of sp³-hybridized carbons (Fsp3) is 0.947. The molecule has 2 fully saturated rings. The lowest BCUT2D eigenvalue weighted by Crippen LogP contribution is -2.44. The number of carbonyl (C=O) groups is 1. The van der Waals surface area contributed by atoms with Crippen LogP contribution in [0.1, 0.15) is 65.7 Å². The number of ether oxygens (including phenoxy) is 2. The third kappa shape index (κ3) is 6.34. The summed E-state index contributed by atoms with van der Waals surface area (Å²) < 4.78 is 17.5. The molecule has 2 aliphatic heterocycles. The van der Waals surface area contributed by atoms with E-state index in [1.165, 1.54) is 0 Å². The van der Waals surface area contributed by atoms with Gasteiger partial charge in [0.1, 0.15) is 6.10 Å². The van der Waals surface area contributed by atoms with Crippen molar-refractivity contribution >= 4 is 14.3 Å². The van der Waals surface area contributed by atoms with Crippen molar-refractivity contribution in [3.8, 4) is 0 Å². The number of hydrogen-bond donors (Lipinski definition) is 1. The third-order valence-corrected chi connectivity index (χ3v) is 10.4. The van der Waals surface area contributed by atoms with Crippen LogP contribution in [-0.2, 0) is 18.7 Å². The third-order valence-electron chi connectivity index (χ3n) is 5.82. The minimum absolute atomic E-state index is 0.000471. The van der Waals surface area contributed by atoms with Gasteiger partial charge in [-0.3, -0.25) is 4.79 Å². The van der Waals surface area contributed by atoms with Crippen LogP contribution in [0.25, 0.3) is 0 Å². The number of rotatable bonds is 2. The van der Waals surface area contributed by atoms with Gasteiger partial charge in [-0.25, -0.2) is 0 Å². The van der Waals surface area contributed by atoms with Gasteiger partial charge in [-0.15, -0.1) is 0 Å². The Kier molecular flexibility index (Phi) is 7.10. The van der Waals surface area contributed by atoms with Crippen molar-refractivity contribution in [2.75, 3.05) is 6.61 Å². The molecule has 0 aromatic heterocycles. The SMILES string of the molecule is CC(C)(C)[Si](C)(C)OC1CCCCCCOC(=O)CC(O)C2OC2C1. The number of esters is 1. The summed E-state index contributed by atoms with van der Waals surface area (Å²) in [5.41, 5.74) is 0. The molecule has 0 bridgehead atoms. The van der Waals surface area contributed by atoms with Crippen molar-refractivity contribution in [2.45, 2.75) is 108 Å². The van der Waals surface area contributed by atoms with E-state index in [-0.39, 0.29) is 35.7 Å². The number of aliphatic hydroxyl groups is 1. The highest BCUT2D eigenvalue weighted by atomic mass is 28.4. The molecule has 0 amide bonds. The Labute approximate surface area is 153 Å². The maximum atomic E-state index is 11.7. The van der Waals surface area contributed by atoms with Crippen LogP contribution in [0.5, 0.6) is 0 Å². The summed E-state index contributed by atoms with van der Waals surface area (Å²) in [5, 5.41) is 10.4. The molecular weight excluding hydrogens is 336 g/mol. The van der Waals surface area contributed by atoms with Crippen molar-refractivity contribution in [3.05, 3.63) is 0 Å². The first-order chi connectivity index (χ1) is 11.6. The highest BCUT2D eigenvalue weighted by Gasteiger charge is 2.47. The van der Waals surface area contributed by atoms with Gasteiger partial charge in [-0.2, -0.15) is 0 Å². The van der Waals surface area contributed by atoms with Crippen LogP contribution < -0.4 is 0 Å². The van der Waals surface area contributed by atoms with Gasteiger partial charge in [-0.05, 0) is 31.0 Å². The first-order valence-corrected chi connectivity index (χ1v) is 12.7. The molecule has 0 radical (unpaired) electrons. The van der Waals surface area contributed by atoms with Gasteiger partial charge >= 0.3 is 5.97 Å². The molecule has 4 atom stereocenters. The van der Waals surface area contributed by atoms with E-state index in [1.807, 2.05) is 0 Å². The fourth-order valence-electron chi connectivity index (χ4n) is 3.12. The van der Waals surface area contributed by atoms with Gasteiger partial charge in [-0.1, -0.05) is 40.0 Å². The molecule has 0 aromatic carbocycles. The Hall–Kier alpha value is -0.433. The molecule has 0 aromatic rings. The highest BCUT2D eigenvalue weighted by molar-refractivity contribution is 6.74. The average Bonchev–Trinajstić information content (AvgIpc) is 3.23. The van der Waals surface area contributed by atoms with E-state index in [4.69, 9.17) is 13.9 Å². The predicted octanol–water partition coefficient (Wildman–Crippen LogP) is 3.79. The molecule has 146 valence electrons. The van der Waals surface area contributed by atoms with E-state index in [1.54, 1.807) is 0 Å². The quantitative estimate of drug-likeness (QED) is 0.454. The van der Waals surface area contributed by atoms with Crippen molar-refractivity contribution in [3.63, 3.8) is 0 Å². The number of epoxide rings is 1. The van der Waals surface area contributed by atoms with Crippen molar-refractivity contribution < 1.29 is 23.8 Å². The van der Waals surface area contributed by atoms with E-state index < -0.39 is 14.4 Å². The van der Waals surface area contributed by atoms with Gasteiger partial charge in [0.15, 0.2) is 8.32 Å². The zero-order valence-corrected chi connectivity index (χ0v) is 17.5. The van der Waals surface area contributed by atoms with Crippen LogP contribution in [0.2, 0.25) is 18.1 Å². The maximum absolute atomic E-state index is 11.7. The minimum Gasteiger partial charge on any atom is -0.466 e. The minimum atomic E-state index is -1.83. The van der Waals surface area contributed by atoms with Crippen molar-refractivity contribution in [1.82, 2.24) is 0 Å². The van der Waals surface area contributed by atoms with Gasteiger partial charge in [0.2, 0.25) is 0 Å². The van der Waals surface area contributed by atoms with E-state index in [0.717, 1.165) is 38.5 Å². The second kappa shape index (κ2) is 8.50. The molecule has 0 spiro atoms. The number of cyclic esters (lactones) is 1. The molecule has 6 heteroatoms. The lowest BCUT2D eigenvalue weighted by molar-refractivity contribution is -0.146. The normalized spacial score (nSPS) is 33.1. The molecule has 2 rings (SSSR count). The van der Waals surface area contributed by atoms with Gasteiger partial charge < -0.3 is 19.0 Å². The van der Waals surface area contributed by atoms with E-state index in [2.05, 4.69) is 33.9 Å². The summed E-state index contributed by atoms with van der Waals surface area (Å²) in [7, 11) is -1.83. The van der Waals surface area contributed by atoms with Crippen LogP contribution in [0.4, 0.5) is 0 Å². The molecule has 0 saturated carbocycles. The lowest BCUT2D eigenvalue weighted by atomic mass is 10.0. The highest BCUT2D eigenvalue weighted by Crippen LogP contribution is 2.40. The molecule has 2 saturated heterocycles. The summed E-state index contributed by atoms with van der Waals surface area (Å²) >= 11 is 0. The second-order valence-corrected chi connectivity index (χ2v) is 13.8. The second-order valence-electron chi connectivity index (χ2n) is 9.07. The maximum Gasteiger partial charge on any atom is 0.308 e. The molecule has 5 nitrogen and oxygen atoms in total. The average molecular weight is 373 g/mol. The molecule has 1 N–H and O–H groups in total. The molecule has 0 aliphatic carbocycles. The van der Waals surface area contributed by atoms with Gasteiger partial charge in [0, 0.05) is 12.5 Å². The van der Waals surface area contributed by atoms with E-state index in [9.17, 15) is 9.90 Å². The number of aliphatic hydroxyl groups excluding tert-OH is 1. The molecular formula is C19H36O5Si. The van der Waals surface area contributed by atoms with Gasteiger partial charge in [0.25, 0.3) is 0 Å². The van der Waals surface area contributed by atoms with E-state index >= 15 is 0 Å². The smallest absolute Gasteiger partial charge is 0.308 e. The Balaban J connectivity index is 1.98. The summed E-state index contributed by atoms with van der Waals surface area (Å²) in [5.74, 6) is -0.326. The number of hydrogen-bond acceptors (Lipinski definition) is 5. The Morgan fingerprint density at radius 2 is 1.84 bits per heavy atom. The van der Waals surface area contributed by atoms with Crippen LogP contribution >= 0.6 is 0 Å². The standard InChI is InChI=1S/C19H36O5Si/c1-19(2,3)25(4,5)24-14-10-8-6-7-9-11-22-17(21)13-15(20)18-16(12-14)23-18/h14-16,18,20H,6-13H2,1-5H3. The van der Waals surface area contributed by atoms with Crippen LogP contribution in [0.15, 0.2) is 0 Å². The molecule has 2 heterocycles. The molecule has 4 unspecified atom stereocenters. The summed E-state index contributed by atoms with van der Waals surface area (Å²) in [6.45, 7) is 11.8. The largest absolute Gasteiger partial charge is 0.466 e. The lowest BCUT2D eigenvalue weighted by Gasteiger charge is -2.39. The van der Waals surface area contributed by atoms with Crippen LogP contribution in [0.3, 0.4) is 0 Å². The van der Waals surface area contributed by atoms with Crippen molar-refractivity contribution in [1.29, 1.82) is 0 Å². The fourth-order valence-corrected chi connectivity index (χ4v) is 4.52. The first-order valence-electron chi connectivity index (χ1n) is 9.77. The van der Waals surface area contributed by atoms with E-state index in [0.29, 0.717) is 6.61 Å². The number of fused-ring (bicyclic) bond motifs is 1. The first kappa shape index (κ1) is 20.9.